The average molecular weight is 454 g/mol. The number of anilines is 1. The van der Waals surface area contributed by atoms with Gasteiger partial charge in [0.1, 0.15) is 22.9 Å². The summed E-state index contributed by atoms with van der Waals surface area (Å²) in [6.07, 6.45) is 1.02. The highest BCUT2D eigenvalue weighted by Crippen LogP contribution is 2.41. The third kappa shape index (κ3) is 4.26. The molecule has 0 saturated heterocycles. The molecule has 0 bridgehead atoms. The van der Waals surface area contributed by atoms with Crippen molar-refractivity contribution in [1.82, 2.24) is 19.6 Å². The highest BCUT2D eigenvalue weighted by Gasteiger charge is 2.37. The van der Waals surface area contributed by atoms with Gasteiger partial charge in [-0.1, -0.05) is 12.1 Å². The van der Waals surface area contributed by atoms with E-state index in [-0.39, 0.29) is 11.4 Å². The number of nitrogens with zero attached hydrogens (tertiary/aromatic N) is 6. The molecule has 3 heterocycles. The van der Waals surface area contributed by atoms with E-state index in [1.807, 2.05) is 24.3 Å². The standard InChI is InChI=1S/C22H26N6O5/c1-14-18(28(30)31)19(27(24-14)13-15-6-8-16(32-5)9-7-15)17-12-23-26-11-10-25(20(17)26)21(29)33-22(2,3)4/h6-9,12H,10-11,13H2,1-5H3. The molecule has 11 heteroatoms. The van der Waals surface area contributed by atoms with Crippen LogP contribution in [0.3, 0.4) is 0 Å². The van der Waals surface area contributed by atoms with Crippen LogP contribution in [0.4, 0.5) is 16.3 Å². The summed E-state index contributed by atoms with van der Waals surface area (Å²) < 4.78 is 14.0. The Bertz CT molecular complexity index is 1210. The molecule has 0 fully saturated rings. The van der Waals surface area contributed by atoms with Gasteiger partial charge in [0.25, 0.3) is 0 Å². The number of benzene rings is 1. The van der Waals surface area contributed by atoms with Crippen molar-refractivity contribution in [3.8, 4) is 17.0 Å². The zero-order chi connectivity index (χ0) is 23.9. The molecule has 11 nitrogen and oxygen atoms in total. The first kappa shape index (κ1) is 22.3. The van der Waals surface area contributed by atoms with E-state index in [1.54, 1.807) is 50.4 Å². The molecule has 2 aromatic heterocycles. The first-order valence-corrected chi connectivity index (χ1v) is 10.5. The number of methoxy groups -OCH3 is 1. The Morgan fingerprint density at radius 3 is 2.52 bits per heavy atom. The largest absolute Gasteiger partial charge is 0.497 e. The maximum absolute atomic E-state index is 12.9. The van der Waals surface area contributed by atoms with Crippen LogP contribution in [0.25, 0.3) is 11.3 Å². The van der Waals surface area contributed by atoms with Gasteiger partial charge in [-0.3, -0.25) is 19.7 Å². The van der Waals surface area contributed by atoms with Crippen molar-refractivity contribution in [1.29, 1.82) is 0 Å². The van der Waals surface area contributed by atoms with Crippen LogP contribution < -0.4 is 9.64 Å². The van der Waals surface area contributed by atoms with Crippen molar-refractivity contribution in [2.75, 3.05) is 18.6 Å². The Kier molecular flexibility index (Phi) is 5.56. The average Bonchev–Trinajstić information content (AvgIpc) is 3.40. The van der Waals surface area contributed by atoms with Crippen LogP contribution in [-0.4, -0.2) is 49.8 Å². The minimum atomic E-state index is -0.677. The highest BCUT2D eigenvalue weighted by atomic mass is 16.6. The van der Waals surface area contributed by atoms with Gasteiger partial charge < -0.3 is 9.47 Å². The number of fused-ring (bicyclic) bond motifs is 1. The summed E-state index contributed by atoms with van der Waals surface area (Å²) >= 11 is 0. The highest BCUT2D eigenvalue weighted by molar-refractivity contribution is 5.94. The second kappa shape index (κ2) is 8.23. The third-order valence-corrected chi connectivity index (χ3v) is 5.24. The second-order valence-corrected chi connectivity index (χ2v) is 8.78. The minimum absolute atomic E-state index is 0.115. The molecular formula is C22H26N6O5. The van der Waals surface area contributed by atoms with E-state index in [4.69, 9.17) is 9.47 Å². The van der Waals surface area contributed by atoms with Crippen LogP contribution in [0.5, 0.6) is 5.75 Å². The van der Waals surface area contributed by atoms with Crippen molar-refractivity contribution in [3.63, 3.8) is 0 Å². The molecule has 0 saturated carbocycles. The number of carbonyl (C=O) groups excluding carboxylic acids is 1. The number of nitro groups is 1. The fraction of sp³-hybridized carbons (Fsp3) is 0.409. The van der Waals surface area contributed by atoms with Crippen molar-refractivity contribution in [2.45, 2.75) is 46.4 Å². The molecule has 0 unspecified atom stereocenters. The van der Waals surface area contributed by atoms with Gasteiger partial charge >= 0.3 is 11.8 Å². The molecule has 174 valence electrons. The van der Waals surface area contributed by atoms with E-state index < -0.39 is 16.6 Å². The predicted molar refractivity (Wildman–Crippen MR) is 121 cm³/mol. The SMILES string of the molecule is COc1ccc(Cn2nc(C)c([N+](=O)[O-])c2-c2cnn3c2N(C(=O)OC(C)(C)C)CC3)cc1. The maximum atomic E-state index is 12.9. The lowest BCUT2D eigenvalue weighted by molar-refractivity contribution is -0.384. The number of aryl methyl sites for hydroxylation is 1. The first-order valence-electron chi connectivity index (χ1n) is 10.5. The Hall–Kier alpha value is -3.89. The summed E-state index contributed by atoms with van der Waals surface area (Å²) in [5, 5.41) is 20.8. The predicted octanol–water partition coefficient (Wildman–Crippen LogP) is 3.78. The van der Waals surface area contributed by atoms with Crippen molar-refractivity contribution < 1.29 is 19.2 Å². The molecule has 1 aromatic carbocycles. The molecule has 3 aromatic rings. The number of hydrogen-bond donors (Lipinski definition) is 0. The molecule has 0 N–H and O–H groups in total. The molecule has 0 radical (unpaired) electrons. The summed E-state index contributed by atoms with van der Waals surface area (Å²) in [5.41, 5.74) is 1.13. The maximum Gasteiger partial charge on any atom is 0.416 e. The fourth-order valence-corrected chi connectivity index (χ4v) is 3.87. The van der Waals surface area contributed by atoms with Crippen molar-refractivity contribution in [3.05, 3.63) is 51.8 Å². The van der Waals surface area contributed by atoms with Crippen LogP contribution >= 0.6 is 0 Å². The Labute approximate surface area is 190 Å². The summed E-state index contributed by atoms with van der Waals surface area (Å²) in [5.74, 6) is 1.17. The van der Waals surface area contributed by atoms with E-state index in [1.165, 1.54) is 4.90 Å². The molecule has 4 rings (SSSR count). The number of rotatable bonds is 5. The molecule has 0 atom stereocenters. The number of carbonyl (C=O) groups is 1. The normalized spacial score (nSPS) is 13.2. The molecule has 1 aliphatic rings. The lowest BCUT2D eigenvalue weighted by Gasteiger charge is -2.24. The lowest BCUT2D eigenvalue weighted by atomic mass is 10.1. The van der Waals surface area contributed by atoms with E-state index in [0.29, 0.717) is 42.5 Å². The van der Waals surface area contributed by atoms with Crippen LogP contribution in [0, 0.1) is 17.0 Å². The van der Waals surface area contributed by atoms with Gasteiger partial charge in [0, 0.05) is 0 Å². The van der Waals surface area contributed by atoms with Crippen LogP contribution in [0.1, 0.15) is 32.0 Å². The number of aromatic nitrogens is 4. The Balaban J connectivity index is 1.80. The molecule has 0 aliphatic carbocycles. The van der Waals surface area contributed by atoms with Gasteiger partial charge in [-0.25, -0.2) is 9.48 Å². The van der Waals surface area contributed by atoms with E-state index in [9.17, 15) is 14.9 Å². The van der Waals surface area contributed by atoms with Crippen LogP contribution in [-0.2, 0) is 17.8 Å². The molecule has 1 amide bonds. The van der Waals surface area contributed by atoms with Crippen LogP contribution in [0.15, 0.2) is 30.5 Å². The number of amides is 1. The van der Waals surface area contributed by atoms with Crippen molar-refractivity contribution in [2.24, 2.45) is 0 Å². The number of hydrogen-bond acceptors (Lipinski definition) is 7. The van der Waals surface area contributed by atoms with Gasteiger partial charge in [0.15, 0.2) is 5.69 Å². The summed E-state index contributed by atoms with van der Waals surface area (Å²) in [6.45, 7) is 8.09. The summed E-state index contributed by atoms with van der Waals surface area (Å²) in [6, 6.07) is 7.39. The zero-order valence-electron chi connectivity index (χ0n) is 19.2. The lowest BCUT2D eigenvalue weighted by Crippen LogP contribution is -2.36. The van der Waals surface area contributed by atoms with Gasteiger partial charge in [-0.2, -0.15) is 10.2 Å². The first-order chi connectivity index (χ1) is 15.6. The minimum Gasteiger partial charge on any atom is -0.497 e. The topological polar surface area (TPSA) is 118 Å². The Morgan fingerprint density at radius 2 is 1.91 bits per heavy atom. The summed E-state index contributed by atoms with van der Waals surface area (Å²) in [4.78, 5) is 25.9. The fourth-order valence-electron chi connectivity index (χ4n) is 3.87. The summed E-state index contributed by atoms with van der Waals surface area (Å²) in [7, 11) is 1.59. The van der Waals surface area contributed by atoms with E-state index in [0.717, 1.165) is 5.56 Å². The zero-order valence-corrected chi connectivity index (χ0v) is 19.2. The quantitative estimate of drug-likeness (QED) is 0.425. The van der Waals surface area contributed by atoms with Gasteiger partial charge in [-0.15, -0.1) is 0 Å². The molecular weight excluding hydrogens is 428 g/mol. The number of ether oxygens (including phenoxy) is 2. The smallest absolute Gasteiger partial charge is 0.416 e. The Morgan fingerprint density at radius 1 is 1.21 bits per heavy atom. The molecule has 33 heavy (non-hydrogen) atoms. The van der Waals surface area contributed by atoms with Gasteiger partial charge in [0.2, 0.25) is 0 Å². The molecule has 1 aliphatic heterocycles. The van der Waals surface area contributed by atoms with Gasteiger partial charge in [0.05, 0.1) is 43.4 Å². The second-order valence-electron chi connectivity index (χ2n) is 8.78. The van der Waals surface area contributed by atoms with Crippen LogP contribution in [0.2, 0.25) is 0 Å². The third-order valence-electron chi connectivity index (χ3n) is 5.24. The van der Waals surface area contributed by atoms with Crippen molar-refractivity contribution >= 4 is 17.6 Å². The van der Waals surface area contributed by atoms with E-state index in [2.05, 4.69) is 10.2 Å². The monoisotopic (exact) mass is 454 g/mol. The molecule has 0 spiro atoms. The van der Waals surface area contributed by atoms with E-state index >= 15 is 0 Å². The van der Waals surface area contributed by atoms with Gasteiger partial charge in [-0.05, 0) is 45.4 Å².